The summed E-state index contributed by atoms with van der Waals surface area (Å²) < 4.78 is 0. The van der Waals surface area contributed by atoms with Gasteiger partial charge in [0.2, 0.25) is 11.8 Å². The van der Waals surface area contributed by atoms with Crippen molar-refractivity contribution in [3.8, 4) is 0 Å². The van der Waals surface area contributed by atoms with Gasteiger partial charge in [-0.2, -0.15) is 0 Å². The summed E-state index contributed by atoms with van der Waals surface area (Å²) in [5.41, 5.74) is 3.35. The largest absolute Gasteiger partial charge is 0.352 e. The average Bonchev–Trinajstić information content (AvgIpc) is 2.68. The molecule has 0 aliphatic rings. The molecule has 2 rings (SSSR count). The Hall–Kier alpha value is -3.15. The Morgan fingerprint density at radius 1 is 0.929 bits per heavy atom. The molecule has 0 bridgehead atoms. The van der Waals surface area contributed by atoms with Crippen LogP contribution in [0.2, 0.25) is 0 Å². The lowest BCUT2D eigenvalue weighted by Crippen LogP contribution is -2.35. The Labute approximate surface area is 165 Å². The van der Waals surface area contributed by atoms with Crippen LogP contribution in [0.5, 0.6) is 0 Å². The van der Waals surface area contributed by atoms with E-state index in [0.29, 0.717) is 18.5 Å². The number of anilines is 1. The number of hydrogen-bond acceptors (Lipinski definition) is 3. The normalized spacial score (nSPS) is 10.2. The zero-order valence-corrected chi connectivity index (χ0v) is 16.6. The van der Waals surface area contributed by atoms with Crippen LogP contribution in [0.15, 0.2) is 48.5 Å². The molecular weight excluding hydrogens is 354 g/mol. The summed E-state index contributed by atoms with van der Waals surface area (Å²) in [7, 11) is 1.61. The van der Waals surface area contributed by atoms with Crippen LogP contribution < -0.4 is 10.6 Å². The number of para-hydroxylation sites is 1. The van der Waals surface area contributed by atoms with Gasteiger partial charge in [0.25, 0.3) is 5.91 Å². The number of nitrogens with zero attached hydrogens (tertiary/aromatic N) is 1. The van der Waals surface area contributed by atoms with E-state index in [4.69, 9.17) is 0 Å². The van der Waals surface area contributed by atoms with Crippen molar-refractivity contribution in [2.45, 2.75) is 26.7 Å². The monoisotopic (exact) mass is 381 g/mol. The first-order valence-electron chi connectivity index (χ1n) is 9.31. The van der Waals surface area contributed by atoms with Crippen LogP contribution in [0.1, 0.15) is 34.3 Å². The lowest BCUT2D eigenvalue weighted by atomic mass is 10.1. The molecule has 0 atom stereocenters. The van der Waals surface area contributed by atoms with Crippen LogP contribution in [-0.4, -0.2) is 42.8 Å². The van der Waals surface area contributed by atoms with E-state index in [-0.39, 0.29) is 30.7 Å². The second-order valence-corrected chi connectivity index (χ2v) is 6.79. The van der Waals surface area contributed by atoms with Gasteiger partial charge in [-0.25, -0.2) is 0 Å². The molecule has 0 heterocycles. The molecule has 0 saturated carbocycles. The minimum atomic E-state index is -0.231. The maximum Gasteiger partial charge on any atom is 0.251 e. The summed E-state index contributed by atoms with van der Waals surface area (Å²) in [5, 5.41) is 5.66. The van der Waals surface area contributed by atoms with Crippen molar-refractivity contribution in [2.75, 3.05) is 25.5 Å². The van der Waals surface area contributed by atoms with Gasteiger partial charge < -0.3 is 15.5 Å². The molecule has 0 aliphatic heterocycles. The second kappa shape index (κ2) is 10.3. The zero-order chi connectivity index (χ0) is 20.5. The van der Waals surface area contributed by atoms with Gasteiger partial charge in [-0.3, -0.25) is 14.4 Å². The Morgan fingerprint density at radius 3 is 2.21 bits per heavy atom. The van der Waals surface area contributed by atoms with Crippen molar-refractivity contribution in [1.82, 2.24) is 10.2 Å². The molecule has 28 heavy (non-hydrogen) atoms. The molecule has 0 aliphatic carbocycles. The quantitative estimate of drug-likeness (QED) is 0.690. The van der Waals surface area contributed by atoms with Gasteiger partial charge in [0, 0.05) is 31.3 Å². The van der Waals surface area contributed by atoms with E-state index in [2.05, 4.69) is 10.6 Å². The van der Waals surface area contributed by atoms with Crippen molar-refractivity contribution >= 4 is 23.4 Å². The highest BCUT2D eigenvalue weighted by atomic mass is 16.2. The minimum Gasteiger partial charge on any atom is -0.352 e. The van der Waals surface area contributed by atoms with E-state index >= 15 is 0 Å². The molecule has 2 N–H and O–H groups in total. The van der Waals surface area contributed by atoms with E-state index in [0.717, 1.165) is 16.8 Å². The fraction of sp³-hybridized carbons (Fsp3) is 0.318. The Kier molecular flexibility index (Phi) is 7.75. The second-order valence-electron chi connectivity index (χ2n) is 6.79. The van der Waals surface area contributed by atoms with Crippen molar-refractivity contribution in [2.24, 2.45) is 0 Å². The molecule has 3 amide bonds. The van der Waals surface area contributed by atoms with Gasteiger partial charge in [0.1, 0.15) is 0 Å². The van der Waals surface area contributed by atoms with Crippen molar-refractivity contribution < 1.29 is 14.4 Å². The number of hydrogen-bond donors (Lipinski definition) is 2. The van der Waals surface area contributed by atoms with E-state index in [1.165, 1.54) is 4.90 Å². The van der Waals surface area contributed by atoms with Gasteiger partial charge >= 0.3 is 0 Å². The zero-order valence-electron chi connectivity index (χ0n) is 16.6. The molecule has 148 valence electrons. The van der Waals surface area contributed by atoms with E-state index in [1.807, 2.05) is 38.1 Å². The summed E-state index contributed by atoms with van der Waals surface area (Å²) in [5.74, 6) is -0.523. The lowest BCUT2D eigenvalue weighted by molar-refractivity contribution is -0.133. The van der Waals surface area contributed by atoms with Crippen molar-refractivity contribution in [3.05, 3.63) is 65.2 Å². The minimum absolute atomic E-state index is 0.0109. The molecule has 6 nitrogen and oxygen atoms in total. The third-order valence-electron chi connectivity index (χ3n) is 4.44. The fourth-order valence-electron chi connectivity index (χ4n) is 2.82. The molecule has 0 saturated heterocycles. The predicted molar refractivity (Wildman–Crippen MR) is 110 cm³/mol. The van der Waals surface area contributed by atoms with E-state index < -0.39 is 0 Å². The molecule has 2 aromatic carbocycles. The first-order chi connectivity index (χ1) is 13.4. The highest BCUT2D eigenvalue weighted by Crippen LogP contribution is 2.19. The van der Waals surface area contributed by atoms with Crippen molar-refractivity contribution in [3.63, 3.8) is 0 Å². The van der Waals surface area contributed by atoms with Gasteiger partial charge in [0.05, 0.1) is 6.54 Å². The van der Waals surface area contributed by atoms with Crippen molar-refractivity contribution in [1.29, 1.82) is 0 Å². The maximum absolute atomic E-state index is 12.2. The van der Waals surface area contributed by atoms with Crippen LogP contribution in [-0.2, 0) is 9.59 Å². The van der Waals surface area contributed by atoms with E-state index in [9.17, 15) is 14.4 Å². The van der Waals surface area contributed by atoms with Gasteiger partial charge in [0.15, 0.2) is 0 Å². The van der Waals surface area contributed by atoms with Crippen LogP contribution in [0.3, 0.4) is 0 Å². The molecule has 0 fully saturated rings. The number of benzene rings is 2. The first kappa shape index (κ1) is 21.2. The lowest BCUT2D eigenvalue weighted by Gasteiger charge is -2.18. The molecule has 0 radical (unpaired) electrons. The smallest absolute Gasteiger partial charge is 0.251 e. The highest BCUT2D eigenvalue weighted by molar-refractivity contribution is 5.96. The molecule has 6 heteroatoms. The molecule has 0 spiro atoms. The van der Waals surface area contributed by atoms with E-state index in [1.54, 1.807) is 31.3 Å². The van der Waals surface area contributed by atoms with Crippen LogP contribution in [0.4, 0.5) is 5.69 Å². The standard InChI is InChI=1S/C22H27N3O3/c1-16-9-7-10-17(2)21(16)24-19(26)15-25(3)20(27)13-8-14-23-22(28)18-11-5-4-6-12-18/h4-7,9-12H,8,13-15H2,1-3H3,(H,23,28)(H,24,26). The Morgan fingerprint density at radius 2 is 1.57 bits per heavy atom. The van der Waals surface area contributed by atoms with Gasteiger partial charge in [-0.1, -0.05) is 36.4 Å². The molecular formula is C22H27N3O3. The van der Waals surface area contributed by atoms with Gasteiger partial charge in [-0.05, 0) is 43.5 Å². The molecule has 0 unspecified atom stereocenters. The summed E-state index contributed by atoms with van der Waals surface area (Å²) in [4.78, 5) is 37.8. The predicted octanol–water partition coefficient (Wildman–Crippen LogP) is 2.91. The third kappa shape index (κ3) is 6.23. The fourth-order valence-corrected chi connectivity index (χ4v) is 2.82. The van der Waals surface area contributed by atoms with Crippen LogP contribution in [0, 0.1) is 13.8 Å². The first-order valence-corrected chi connectivity index (χ1v) is 9.31. The number of amides is 3. The summed E-state index contributed by atoms with van der Waals surface area (Å²) >= 11 is 0. The number of nitrogens with one attached hydrogen (secondary N) is 2. The summed E-state index contributed by atoms with van der Waals surface area (Å²) in [6.07, 6.45) is 0.780. The number of carbonyl (C=O) groups excluding carboxylic acids is 3. The van der Waals surface area contributed by atoms with Crippen LogP contribution >= 0.6 is 0 Å². The third-order valence-corrected chi connectivity index (χ3v) is 4.44. The number of rotatable bonds is 8. The Bertz CT molecular complexity index is 814. The number of likely N-dealkylation sites (N-methyl/N-ethyl adjacent to an activating group) is 1. The number of carbonyl (C=O) groups is 3. The highest BCUT2D eigenvalue weighted by Gasteiger charge is 2.14. The summed E-state index contributed by atoms with van der Waals surface area (Å²) in [6, 6.07) is 14.7. The average molecular weight is 381 g/mol. The molecule has 2 aromatic rings. The van der Waals surface area contributed by atoms with Crippen LogP contribution in [0.25, 0.3) is 0 Å². The summed E-state index contributed by atoms with van der Waals surface area (Å²) in [6.45, 7) is 4.26. The maximum atomic E-state index is 12.2. The Balaban J connectivity index is 1.72. The topological polar surface area (TPSA) is 78.5 Å². The number of aryl methyl sites for hydroxylation is 2. The molecule has 0 aromatic heterocycles. The van der Waals surface area contributed by atoms with Gasteiger partial charge in [-0.15, -0.1) is 0 Å². The SMILES string of the molecule is Cc1cccc(C)c1NC(=O)CN(C)C(=O)CCCNC(=O)c1ccccc1.